The van der Waals surface area contributed by atoms with E-state index >= 15 is 0 Å². The van der Waals surface area contributed by atoms with E-state index in [1.165, 1.54) is 0 Å². The Morgan fingerprint density at radius 1 is 1.06 bits per heavy atom. The molecule has 96 valence electrons. The molecule has 17 heavy (non-hydrogen) atoms. The highest BCUT2D eigenvalue weighted by atomic mass is 16.5. The fourth-order valence-corrected chi connectivity index (χ4v) is 3.77. The number of hydrogen-bond donors (Lipinski definition) is 3. The van der Waals surface area contributed by atoms with E-state index in [2.05, 4.69) is 0 Å². The van der Waals surface area contributed by atoms with Gasteiger partial charge in [-0.15, -0.1) is 0 Å². The fourth-order valence-electron chi connectivity index (χ4n) is 3.77. The molecule has 2 rings (SSSR count). The lowest BCUT2D eigenvalue weighted by Gasteiger charge is -2.44. The number of hydroxylamine groups is 1. The Morgan fingerprint density at radius 3 is 2.18 bits per heavy atom. The zero-order valence-corrected chi connectivity index (χ0v) is 9.89. The van der Waals surface area contributed by atoms with Crippen molar-refractivity contribution in [3.63, 3.8) is 0 Å². The number of carbonyl (C=O) groups is 2. The molecule has 0 spiro atoms. The molecular formula is C12H20N2O3. The van der Waals surface area contributed by atoms with Crippen LogP contribution in [0.3, 0.4) is 0 Å². The second kappa shape index (κ2) is 5.04. The quantitative estimate of drug-likeness (QED) is 0.492. The summed E-state index contributed by atoms with van der Waals surface area (Å²) < 4.78 is 0. The van der Waals surface area contributed by atoms with Crippen LogP contribution >= 0.6 is 0 Å². The predicted molar refractivity (Wildman–Crippen MR) is 60.8 cm³/mol. The van der Waals surface area contributed by atoms with Gasteiger partial charge in [0.25, 0.3) is 0 Å². The number of fused-ring (bicyclic) bond motifs is 1. The van der Waals surface area contributed by atoms with Gasteiger partial charge in [-0.2, -0.15) is 0 Å². The fraction of sp³-hybridized carbons (Fsp3) is 0.833. The van der Waals surface area contributed by atoms with Crippen molar-refractivity contribution >= 4 is 11.8 Å². The largest absolute Gasteiger partial charge is 0.369 e. The minimum Gasteiger partial charge on any atom is -0.369 e. The van der Waals surface area contributed by atoms with E-state index in [0.717, 1.165) is 38.5 Å². The molecule has 5 heteroatoms. The summed E-state index contributed by atoms with van der Waals surface area (Å²) >= 11 is 0. The van der Waals surface area contributed by atoms with Crippen LogP contribution in [-0.2, 0) is 9.59 Å². The van der Waals surface area contributed by atoms with Gasteiger partial charge in [0, 0.05) is 11.8 Å². The predicted octanol–water partition coefficient (Wildman–Crippen LogP) is 0.810. The molecule has 0 heterocycles. The summed E-state index contributed by atoms with van der Waals surface area (Å²) in [7, 11) is 0. The van der Waals surface area contributed by atoms with Crippen molar-refractivity contribution in [1.29, 1.82) is 0 Å². The minimum atomic E-state index is -0.354. The van der Waals surface area contributed by atoms with Crippen LogP contribution in [0.5, 0.6) is 0 Å². The van der Waals surface area contributed by atoms with Crippen LogP contribution < -0.4 is 11.2 Å². The first-order valence-electron chi connectivity index (χ1n) is 6.38. The standard InChI is InChI=1S/C12H20N2O3/c13-11(15)8-5-1-3-7-4-2-6-9(10(7)8)12(16)14-17/h7-10,17H,1-6H2,(H2,13,15)(H,14,16). The Hall–Kier alpha value is -1.10. The topological polar surface area (TPSA) is 92.4 Å². The maximum atomic E-state index is 11.7. The van der Waals surface area contributed by atoms with Crippen LogP contribution in [0.4, 0.5) is 0 Å². The molecule has 0 saturated heterocycles. The Morgan fingerprint density at radius 2 is 1.65 bits per heavy atom. The minimum absolute atomic E-state index is 0.0298. The molecule has 2 saturated carbocycles. The van der Waals surface area contributed by atoms with Crippen LogP contribution in [0.2, 0.25) is 0 Å². The molecule has 2 amide bonds. The molecule has 4 atom stereocenters. The third-order valence-corrected chi connectivity index (χ3v) is 4.47. The first-order chi connectivity index (χ1) is 8.15. The average molecular weight is 240 g/mol. The van der Waals surface area contributed by atoms with E-state index in [1.807, 2.05) is 0 Å². The van der Waals surface area contributed by atoms with Crippen molar-refractivity contribution in [3.05, 3.63) is 0 Å². The van der Waals surface area contributed by atoms with Crippen LogP contribution in [0.1, 0.15) is 38.5 Å². The highest BCUT2D eigenvalue weighted by molar-refractivity contribution is 5.81. The van der Waals surface area contributed by atoms with E-state index < -0.39 is 0 Å². The van der Waals surface area contributed by atoms with Gasteiger partial charge in [0.05, 0.1) is 0 Å². The summed E-state index contributed by atoms with van der Waals surface area (Å²) in [5, 5.41) is 8.79. The van der Waals surface area contributed by atoms with Gasteiger partial charge < -0.3 is 5.73 Å². The number of primary amides is 1. The normalized spacial score (nSPS) is 37.0. The van der Waals surface area contributed by atoms with Gasteiger partial charge in [-0.05, 0) is 24.7 Å². The van der Waals surface area contributed by atoms with Crippen molar-refractivity contribution in [2.45, 2.75) is 38.5 Å². The molecule has 4 N–H and O–H groups in total. The second-order valence-corrected chi connectivity index (χ2v) is 5.29. The van der Waals surface area contributed by atoms with Crippen molar-refractivity contribution in [1.82, 2.24) is 5.48 Å². The Bertz CT molecular complexity index is 317. The molecule has 0 aliphatic heterocycles. The van der Waals surface area contributed by atoms with Crippen LogP contribution in [-0.4, -0.2) is 17.0 Å². The summed E-state index contributed by atoms with van der Waals surface area (Å²) in [6, 6.07) is 0. The highest BCUT2D eigenvalue weighted by Crippen LogP contribution is 2.46. The zero-order chi connectivity index (χ0) is 12.4. The molecule has 0 aromatic heterocycles. The number of carbonyl (C=O) groups excluding carboxylic acids is 2. The van der Waals surface area contributed by atoms with Gasteiger partial charge in [0.15, 0.2) is 0 Å². The third kappa shape index (κ3) is 2.29. The van der Waals surface area contributed by atoms with E-state index in [0.29, 0.717) is 5.92 Å². The van der Waals surface area contributed by atoms with Gasteiger partial charge in [-0.25, -0.2) is 5.48 Å². The molecule has 2 aliphatic rings. The first-order valence-corrected chi connectivity index (χ1v) is 6.38. The van der Waals surface area contributed by atoms with Crippen LogP contribution in [0.25, 0.3) is 0 Å². The average Bonchev–Trinajstić information content (AvgIpc) is 2.36. The molecule has 5 nitrogen and oxygen atoms in total. The van der Waals surface area contributed by atoms with Crippen molar-refractivity contribution < 1.29 is 14.8 Å². The van der Waals surface area contributed by atoms with Crippen LogP contribution in [0.15, 0.2) is 0 Å². The number of nitrogens with two attached hydrogens (primary N) is 1. The zero-order valence-electron chi connectivity index (χ0n) is 9.89. The van der Waals surface area contributed by atoms with Gasteiger partial charge in [-0.1, -0.05) is 25.7 Å². The lowest BCUT2D eigenvalue weighted by molar-refractivity contribution is -0.142. The van der Waals surface area contributed by atoms with Gasteiger partial charge in [0.1, 0.15) is 0 Å². The highest BCUT2D eigenvalue weighted by Gasteiger charge is 2.45. The Labute approximate surface area is 101 Å². The van der Waals surface area contributed by atoms with Gasteiger partial charge >= 0.3 is 0 Å². The molecule has 0 aromatic carbocycles. The molecule has 2 fully saturated rings. The van der Waals surface area contributed by atoms with E-state index in [-0.39, 0.29) is 29.6 Å². The monoisotopic (exact) mass is 240 g/mol. The SMILES string of the molecule is NC(=O)C1CCCC2CCCC(C(=O)NO)C21. The molecule has 4 unspecified atom stereocenters. The lowest BCUT2D eigenvalue weighted by atomic mass is 9.60. The van der Waals surface area contributed by atoms with Crippen molar-refractivity contribution in [3.8, 4) is 0 Å². The summed E-state index contributed by atoms with van der Waals surface area (Å²) in [6.45, 7) is 0. The first kappa shape index (κ1) is 12.4. The van der Waals surface area contributed by atoms with E-state index in [1.54, 1.807) is 5.48 Å². The number of hydrogen-bond acceptors (Lipinski definition) is 3. The molecule has 0 bridgehead atoms. The molecule has 0 aromatic rings. The van der Waals surface area contributed by atoms with Crippen molar-refractivity contribution in [2.24, 2.45) is 29.4 Å². The third-order valence-electron chi connectivity index (χ3n) is 4.47. The smallest absolute Gasteiger partial charge is 0.246 e. The van der Waals surface area contributed by atoms with Gasteiger partial charge in [-0.3, -0.25) is 14.8 Å². The summed E-state index contributed by atoms with van der Waals surface area (Å²) in [6.07, 6.45) is 5.68. The molecule has 2 aliphatic carbocycles. The van der Waals surface area contributed by atoms with Gasteiger partial charge in [0.2, 0.25) is 11.8 Å². The Balaban J connectivity index is 2.21. The van der Waals surface area contributed by atoms with E-state index in [9.17, 15) is 9.59 Å². The summed E-state index contributed by atoms with van der Waals surface area (Å²) in [4.78, 5) is 23.2. The van der Waals surface area contributed by atoms with E-state index in [4.69, 9.17) is 10.9 Å². The van der Waals surface area contributed by atoms with Crippen LogP contribution in [0, 0.1) is 23.7 Å². The lowest BCUT2D eigenvalue weighted by Crippen LogP contribution is -2.47. The molecular weight excluding hydrogens is 220 g/mol. The number of nitrogens with one attached hydrogen (secondary N) is 1. The maximum Gasteiger partial charge on any atom is 0.246 e. The summed E-state index contributed by atoms with van der Waals surface area (Å²) in [5.41, 5.74) is 7.18. The molecule has 0 radical (unpaired) electrons. The summed E-state index contributed by atoms with van der Waals surface area (Å²) in [5.74, 6) is -0.655. The number of amides is 2. The Kier molecular flexibility index (Phi) is 3.66. The maximum absolute atomic E-state index is 11.7. The number of rotatable bonds is 2. The van der Waals surface area contributed by atoms with Crippen molar-refractivity contribution in [2.75, 3.05) is 0 Å². The second-order valence-electron chi connectivity index (χ2n) is 5.29.